The summed E-state index contributed by atoms with van der Waals surface area (Å²) in [6.45, 7) is 1.92. The van der Waals surface area contributed by atoms with Crippen molar-refractivity contribution < 1.29 is 13.2 Å². The number of thioether (sulfide) groups is 1. The molecular formula is C24H22N4O4S2. The molecule has 0 aliphatic rings. The molecule has 3 aromatic carbocycles. The number of hydrogen-bond acceptors (Lipinski definition) is 6. The lowest BCUT2D eigenvalue weighted by atomic mass is 10.1. The van der Waals surface area contributed by atoms with Crippen LogP contribution in [0.4, 0.5) is 5.69 Å². The van der Waals surface area contributed by atoms with E-state index in [1.54, 1.807) is 22.8 Å². The number of aromatic nitrogens is 2. The molecule has 0 spiro atoms. The zero-order chi connectivity index (χ0) is 24.3. The molecule has 1 atom stereocenters. The molecule has 1 amide bonds. The summed E-state index contributed by atoms with van der Waals surface area (Å²) < 4.78 is 24.4. The van der Waals surface area contributed by atoms with Crippen molar-refractivity contribution in [1.29, 1.82) is 0 Å². The van der Waals surface area contributed by atoms with Crippen molar-refractivity contribution in [2.24, 2.45) is 5.14 Å². The van der Waals surface area contributed by atoms with Crippen molar-refractivity contribution >= 4 is 44.3 Å². The van der Waals surface area contributed by atoms with E-state index >= 15 is 0 Å². The number of fused-ring (bicyclic) bond motifs is 1. The Morgan fingerprint density at radius 1 is 1.03 bits per heavy atom. The van der Waals surface area contributed by atoms with E-state index in [1.165, 1.54) is 24.3 Å². The van der Waals surface area contributed by atoms with Crippen molar-refractivity contribution in [3.8, 4) is 0 Å². The monoisotopic (exact) mass is 494 g/mol. The molecule has 0 radical (unpaired) electrons. The van der Waals surface area contributed by atoms with Crippen molar-refractivity contribution in [2.45, 2.75) is 23.0 Å². The van der Waals surface area contributed by atoms with E-state index < -0.39 is 10.0 Å². The zero-order valence-electron chi connectivity index (χ0n) is 18.2. The molecular weight excluding hydrogens is 472 g/mol. The van der Waals surface area contributed by atoms with E-state index in [0.717, 1.165) is 17.3 Å². The van der Waals surface area contributed by atoms with Gasteiger partial charge < -0.3 is 5.32 Å². The molecule has 1 aromatic heterocycles. The lowest BCUT2D eigenvalue weighted by molar-refractivity contribution is -0.113. The number of primary sulfonamides is 1. The van der Waals surface area contributed by atoms with E-state index in [1.807, 2.05) is 43.3 Å². The minimum atomic E-state index is -3.81. The SMILES string of the molecule is CC(c1ccccc1)n1c(SCC(=O)Nc2ccc(S(N)(=O)=O)cc2)nc2ccccc2c1=O. The molecule has 174 valence electrons. The van der Waals surface area contributed by atoms with Crippen LogP contribution < -0.4 is 16.0 Å². The molecule has 0 bridgehead atoms. The molecule has 4 aromatic rings. The van der Waals surface area contributed by atoms with Crippen LogP contribution in [-0.2, 0) is 14.8 Å². The number of nitrogens with one attached hydrogen (secondary N) is 1. The number of nitrogens with zero attached hydrogens (tertiary/aromatic N) is 2. The predicted octanol–water partition coefficient (Wildman–Crippen LogP) is 3.38. The van der Waals surface area contributed by atoms with E-state index in [-0.39, 0.29) is 28.2 Å². The smallest absolute Gasteiger partial charge is 0.262 e. The van der Waals surface area contributed by atoms with Gasteiger partial charge in [-0.05, 0) is 48.9 Å². The van der Waals surface area contributed by atoms with Gasteiger partial charge in [0.2, 0.25) is 15.9 Å². The fraction of sp³-hybridized carbons (Fsp3) is 0.125. The minimum Gasteiger partial charge on any atom is -0.325 e. The third-order valence-corrected chi connectivity index (χ3v) is 7.13. The van der Waals surface area contributed by atoms with Crippen LogP contribution in [0, 0.1) is 0 Å². The van der Waals surface area contributed by atoms with Gasteiger partial charge in [-0.2, -0.15) is 0 Å². The van der Waals surface area contributed by atoms with Crippen LogP contribution in [-0.4, -0.2) is 29.6 Å². The number of nitrogens with two attached hydrogens (primary N) is 1. The largest absolute Gasteiger partial charge is 0.325 e. The number of hydrogen-bond donors (Lipinski definition) is 2. The molecule has 1 unspecified atom stereocenters. The molecule has 0 fully saturated rings. The topological polar surface area (TPSA) is 124 Å². The van der Waals surface area contributed by atoms with Crippen molar-refractivity contribution in [3.05, 3.63) is 94.8 Å². The zero-order valence-corrected chi connectivity index (χ0v) is 19.8. The minimum absolute atomic E-state index is 0.00320. The second kappa shape index (κ2) is 9.80. The van der Waals surface area contributed by atoms with Gasteiger partial charge in [0, 0.05) is 5.69 Å². The number of benzene rings is 3. The number of amides is 1. The summed E-state index contributed by atoms with van der Waals surface area (Å²) in [4.78, 5) is 30.6. The Morgan fingerprint density at radius 2 is 1.68 bits per heavy atom. The summed E-state index contributed by atoms with van der Waals surface area (Å²) in [5, 5.41) is 8.75. The molecule has 1 heterocycles. The standard InChI is InChI=1S/C24H22N4O4S2/c1-16(17-7-3-2-4-8-17)28-23(30)20-9-5-6-10-21(20)27-24(28)33-15-22(29)26-18-11-13-19(14-12-18)34(25,31)32/h2-14,16H,15H2,1H3,(H,26,29)(H2,25,31,32). The highest BCUT2D eigenvalue weighted by molar-refractivity contribution is 7.99. The van der Waals surface area contributed by atoms with Gasteiger partial charge in [-0.15, -0.1) is 0 Å². The van der Waals surface area contributed by atoms with Gasteiger partial charge in [0.05, 0.1) is 27.6 Å². The first kappa shape index (κ1) is 23.7. The van der Waals surface area contributed by atoms with Gasteiger partial charge in [0.25, 0.3) is 5.56 Å². The first-order valence-electron chi connectivity index (χ1n) is 10.4. The molecule has 8 nitrogen and oxygen atoms in total. The molecule has 0 saturated carbocycles. The average molecular weight is 495 g/mol. The first-order valence-corrected chi connectivity index (χ1v) is 12.9. The Labute approximate surface area is 200 Å². The Kier molecular flexibility index (Phi) is 6.82. The van der Waals surface area contributed by atoms with Crippen LogP contribution in [0.5, 0.6) is 0 Å². The highest BCUT2D eigenvalue weighted by atomic mass is 32.2. The average Bonchev–Trinajstić information content (AvgIpc) is 2.83. The maximum absolute atomic E-state index is 13.4. The summed E-state index contributed by atoms with van der Waals surface area (Å²) in [7, 11) is -3.81. The van der Waals surface area contributed by atoms with E-state index in [4.69, 9.17) is 5.14 Å². The van der Waals surface area contributed by atoms with Crippen LogP contribution in [0.2, 0.25) is 0 Å². The number of sulfonamides is 1. The van der Waals surface area contributed by atoms with Crippen molar-refractivity contribution in [1.82, 2.24) is 9.55 Å². The lowest BCUT2D eigenvalue weighted by Gasteiger charge is -2.20. The molecule has 4 rings (SSSR count). The predicted molar refractivity (Wildman–Crippen MR) is 133 cm³/mol. The Bertz CT molecular complexity index is 1500. The lowest BCUT2D eigenvalue weighted by Crippen LogP contribution is -2.27. The highest BCUT2D eigenvalue weighted by Gasteiger charge is 2.19. The fourth-order valence-electron chi connectivity index (χ4n) is 3.50. The van der Waals surface area contributed by atoms with Crippen LogP contribution in [0.3, 0.4) is 0 Å². The van der Waals surface area contributed by atoms with Crippen LogP contribution in [0.15, 0.2) is 93.7 Å². The summed E-state index contributed by atoms with van der Waals surface area (Å²) in [6, 6.07) is 22.0. The van der Waals surface area contributed by atoms with Crippen LogP contribution >= 0.6 is 11.8 Å². The van der Waals surface area contributed by atoms with Gasteiger partial charge in [0.1, 0.15) is 0 Å². The third kappa shape index (κ3) is 5.19. The maximum Gasteiger partial charge on any atom is 0.262 e. The van der Waals surface area contributed by atoms with Crippen molar-refractivity contribution in [3.63, 3.8) is 0 Å². The van der Waals surface area contributed by atoms with E-state index in [2.05, 4.69) is 10.3 Å². The van der Waals surface area contributed by atoms with Crippen molar-refractivity contribution in [2.75, 3.05) is 11.1 Å². The molecule has 0 saturated heterocycles. The van der Waals surface area contributed by atoms with E-state index in [0.29, 0.717) is 21.7 Å². The highest BCUT2D eigenvalue weighted by Crippen LogP contribution is 2.25. The van der Waals surface area contributed by atoms with Gasteiger partial charge in [-0.25, -0.2) is 18.5 Å². The number of carbonyl (C=O) groups excluding carboxylic acids is 1. The summed E-state index contributed by atoms with van der Waals surface area (Å²) in [5.41, 5.74) is 1.76. The van der Waals surface area contributed by atoms with Crippen LogP contribution in [0.25, 0.3) is 10.9 Å². The summed E-state index contributed by atoms with van der Waals surface area (Å²) in [5.74, 6) is -0.321. The number of rotatable bonds is 7. The number of anilines is 1. The second-order valence-corrected chi connectivity index (χ2v) is 10.1. The maximum atomic E-state index is 13.4. The number of carbonyl (C=O) groups is 1. The Balaban J connectivity index is 1.59. The van der Waals surface area contributed by atoms with E-state index in [9.17, 15) is 18.0 Å². The molecule has 3 N–H and O–H groups in total. The third-order valence-electron chi connectivity index (χ3n) is 5.24. The Hall–Kier alpha value is -3.47. The second-order valence-electron chi connectivity index (χ2n) is 7.58. The van der Waals surface area contributed by atoms with Gasteiger partial charge in [0.15, 0.2) is 5.16 Å². The Morgan fingerprint density at radius 3 is 2.35 bits per heavy atom. The molecule has 0 aliphatic carbocycles. The van der Waals surface area contributed by atoms with Crippen LogP contribution in [0.1, 0.15) is 18.5 Å². The van der Waals surface area contributed by atoms with Gasteiger partial charge in [-0.3, -0.25) is 14.2 Å². The molecule has 10 heteroatoms. The number of para-hydroxylation sites is 1. The van der Waals surface area contributed by atoms with Gasteiger partial charge in [-0.1, -0.05) is 54.2 Å². The summed E-state index contributed by atoms with van der Waals surface area (Å²) in [6.07, 6.45) is 0. The quantitative estimate of drug-likeness (QED) is 0.300. The first-order chi connectivity index (χ1) is 16.2. The summed E-state index contributed by atoms with van der Waals surface area (Å²) >= 11 is 1.16. The van der Waals surface area contributed by atoms with Gasteiger partial charge >= 0.3 is 0 Å². The molecule has 34 heavy (non-hydrogen) atoms. The molecule has 0 aliphatic heterocycles. The normalized spacial score (nSPS) is 12.4. The fourth-order valence-corrected chi connectivity index (χ4v) is 4.90.